The minimum absolute atomic E-state index is 0. The van der Waals surface area contributed by atoms with Crippen molar-refractivity contribution in [3.63, 3.8) is 0 Å². The molecule has 0 aromatic heterocycles. The van der Waals surface area contributed by atoms with Gasteiger partial charge in [0.05, 0.1) is 13.2 Å². The molecule has 0 fully saturated rings. The molecule has 0 aliphatic rings. The van der Waals surface area contributed by atoms with Gasteiger partial charge in [-0.1, -0.05) is 43.3 Å². The van der Waals surface area contributed by atoms with Crippen LogP contribution in [-0.4, -0.2) is 12.6 Å². The zero-order chi connectivity index (χ0) is 16.5. The predicted octanol–water partition coefficient (Wildman–Crippen LogP) is 4.33. The number of ether oxygens (including phenoxy) is 1. The maximum absolute atomic E-state index is 5.98. The highest BCUT2D eigenvalue weighted by atomic mass is 127. The van der Waals surface area contributed by atoms with Crippen molar-refractivity contribution >= 4 is 35.6 Å². The Balaban J connectivity index is 0.00000288. The van der Waals surface area contributed by atoms with Crippen LogP contribution in [0.1, 0.15) is 30.5 Å². The summed E-state index contributed by atoms with van der Waals surface area (Å²) in [5, 5.41) is 3.12. The van der Waals surface area contributed by atoms with Gasteiger partial charge in [-0.2, -0.15) is 0 Å². The molecule has 0 bridgehead atoms. The van der Waals surface area contributed by atoms with Crippen LogP contribution >= 0.6 is 24.0 Å². The Morgan fingerprint density at radius 2 is 1.71 bits per heavy atom. The second-order valence-electron chi connectivity index (χ2n) is 5.28. The largest absolute Gasteiger partial charge is 0.377 e. The first-order chi connectivity index (χ1) is 11.2. The average Bonchev–Trinajstić information content (AvgIpc) is 2.59. The van der Waals surface area contributed by atoms with E-state index in [9.17, 15) is 0 Å². The highest BCUT2D eigenvalue weighted by molar-refractivity contribution is 14.0. The summed E-state index contributed by atoms with van der Waals surface area (Å²) in [6.45, 7) is 5.97. The van der Waals surface area contributed by atoms with Crippen molar-refractivity contribution in [1.82, 2.24) is 0 Å². The molecule has 0 aliphatic heterocycles. The van der Waals surface area contributed by atoms with Crippen LogP contribution in [0.15, 0.2) is 53.5 Å². The third-order valence-electron chi connectivity index (χ3n) is 3.63. The first-order valence-corrected chi connectivity index (χ1v) is 8.03. The van der Waals surface area contributed by atoms with Gasteiger partial charge in [-0.3, -0.25) is 0 Å². The summed E-state index contributed by atoms with van der Waals surface area (Å²) in [5.74, 6) is 0.417. The zero-order valence-electron chi connectivity index (χ0n) is 14.3. The van der Waals surface area contributed by atoms with Gasteiger partial charge < -0.3 is 15.8 Å². The van der Waals surface area contributed by atoms with E-state index < -0.39 is 0 Å². The highest BCUT2D eigenvalue weighted by Crippen LogP contribution is 2.12. The van der Waals surface area contributed by atoms with Crippen molar-refractivity contribution in [2.24, 2.45) is 10.7 Å². The normalized spacial score (nSPS) is 11.0. The number of hydrogen-bond donors (Lipinski definition) is 2. The standard InChI is InChI=1S/C19H25N3O.HI/c1-3-15-9-11-18(12-10-15)22-19(20)21-13-16-7-5-6-8-17(16)14-23-4-2;/h5-12H,3-4,13-14H2,1-2H3,(H3,20,21,22);1H. The summed E-state index contributed by atoms with van der Waals surface area (Å²) in [7, 11) is 0. The first kappa shape index (κ1) is 20.4. The summed E-state index contributed by atoms with van der Waals surface area (Å²) >= 11 is 0. The van der Waals surface area contributed by atoms with Crippen molar-refractivity contribution in [3.8, 4) is 0 Å². The van der Waals surface area contributed by atoms with Crippen LogP contribution < -0.4 is 11.1 Å². The van der Waals surface area contributed by atoms with Crippen molar-refractivity contribution < 1.29 is 4.74 Å². The van der Waals surface area contributed by atoms with Crippen molar-refractivity contribution in [2.75, 3.05) is 11.9 Å². The molecule has 0 unspecified atom stereocenters. The third kappa shape index (κ3) is 6.49. The molecule has 0 aliphatic carbocycles. The van der Waals surface area contributed by atoms with Gasteiger partial charge in [0.25, 0.3) is 0 Å². The molecule has 0 saturated carbocycles. The third-order valence-corrected chi connectivity index (χ3v) is 3.63. The maximum Gasteiger partial charge on any atom is 0.193 e. The van der Waals surface area contributed by atoms with E-state index in [0.717, 1.165) is 23.2 Å². The Bertz CT molecular complexity index is 641. The predicted molar refractivity (Wildman–Crippen MR) is 112 cm³/mol. The molecule has 24 heavy (non-hydrogen) atoms. The Kier molecular flexibility index (Phi) is 9.41. The summed E-state index contributed by atoms with van der Waals surface area (Å²) in [5.41, 5.74) is 10.5. The number of anilines is 1. The van der Waals surface area contributed by atoms with Crippen LogP contribution in [0.2, 0.25) is 0 Å². The van der Waals surface area contributed by atoms with Crippen molar-refractivity contribution in [3.05, 3.63) is 65.2 Å². The monoisotopic (exact) mass is 439 g/mol. The minimum Gasteiger partial charge on any atom is -0.377 e. The number of nitrogens with two attached hydrogens (primary N) is 1. The second kappa shape index (κ2) is 11.0. The molecule has 5 heteroatoms. The van der Waals surface area contributed by atoms with Crippen LogP contribution in [0.25, 0.3) is 0 Å². The molecule has 0 heterocycles. The Labute approximate surface area is 161 Å². The molecule has 130 valence electrons. The second-order valence-corrected chi connectivity index (χ2v) is 5.28. The van der Waals surface area contributed by atoms with Crippen LogP contribution in [0.4, 0.5) is 5.69 Å². The summed E-state index contributed by atoms with van der Waals surface area (Å²) < 4.78 is 5.49. The number of guanidine groups is 1. The topological polar surface area (TPSA) is 59.6 Å². The van der Waals surface area contributed by atoms with Gasteiger partial charge >= 0.3 is 0 Å². The zero-order valence-corrected chi connectivity index (χ0v) is 16.6. The van der Waals surface area contributed by atoms with Crippen molar-refractivity contribution in [1.29, 1.82) is 0 Å². The lowest BCUT2D eigenvalue weighted by Crippen LogP contribution is -2.22. The lowest BCUT2D eigenvalue weighted by molar-refractivity contribution is 0.133. The quantitative estimate of drug-likeness (QED) is 0.384. The summed E-state index contributed by atoms with van der Waals surface area (Å²) in [6.07, 6.45) is 1.03. The fourth-order valence-electron chi connectivity index (χ4n) is 2.25. The van der Waals surface area contributed by atoms with Gasteiger partial charge in [-0.05, 0) is 42.2 Å². The van der Waals surface area contributed by atoms with E-state index in [1.807, 2.05) is 31.2 Å². The van der Waals surface area contributed by atoms with Gasteiger partial charge in [0.1, 0.15) is 0 Å². The summed E-state index contributed by atoms with van der Waals surface area (Å²) in [4.78, 5) is 4.43. The van der Waals surface area contributed by atoms with Crippen LogP contribution in [0.5, 0.6) is 0 Å². The van der Waals surface area contributed by atoms with E-state index in [4.69, 9.17) is 10.5 Å². The molecule has 0 atom stereocenters. The number of halogens is 1. The molecular weight excluding hydrogens is 413 g/mol. The molecule has 0 amide bonds. The van der Waals surface area contributed by atoms with E-state index >= 15 is 0 Å². The van der Waals surface area contributed by atoms with E-state index in [0.29, 0.717) is 25.7 Å². The Hall–Kier alpha value is -1.60. The number of nitrogens with zero attached hydrogens (tertiary/aromatic N) is 1. The van der Waals surface area contributed by atoms with Gasteiger partial charge in [0.2, 0.25) is 0 Å². The Morgan fingerprint density at radius 3 is 2.33 bits per heavy atom. The number of aryl methyl sites for hydroxylation is 1. The lowest BCUT2D eigenvalue weighted by Gasteiger charge is -2.09. The smallest absolute Gasteiger partial charge is 0.193 e. The molecule has 2 rings (SSSR count). The average molecular weight is 439 g/mol. The van der Waals surface area contributed by atoms with E-state index in [2.05, 4.69) is 41.5 Å². The number of benzene rings is 2. The SMILES string of the molecule is CCOCc1ccccc1CN=C(N)Nc1ccc(CC)cc1.I. The summed E-state index contributed by atoms with van der Waals surface area (Å²) in [6, 6.07) is 16.4. The van der Waals surface area contributed by atoms with Gasteiger partial charge in [-0.15, -0.1) is 24.0 Å². The fraction of sp³-hybridized carbons (Fsp3) is 0.316. The molecule has 3 N–H and O–H groups in total. The van der Waals surface area contributed by atoms with E-state index in [1.54, 1.807) is 0 Å². The molecule has 2 aromatic rings. The van der Waals surface area contributed by atoms with E-state index in [1.165, 1.54) is 5.56 Å². The molecule has 2 aromatic carbocycles. The number of nitrogens with one attached hydrogen (secondary N) is 1. The minimum atomic E-state index is 0. The highest BCUT2D eigenvalue weighted by Gasteiger charge is 2.02. The maximum atomic E-state index is 5.98. The fourth-order valence-corrected chi connectivity index (χ4v) is 2.25. The number of hydrogen-bond acceptors (Lipinski definition) is 2. The molecular formula is C19H26IN3O. The van der Waals surface area contributed by atoms with Crippen LogP contribution in [0, 0.1) is 0 Å². The lowest BCUT2D eigenvalue weighted by atomic mass is 10.1. The molecule has 0 saturated heterocycles. The van der Waals surface area contributed by atoms with E-state index in [-0.39, 0.29) is 24.0 Å². The number of rotatable bonds is 7. The van der Waals surface area contributed by atoms with Gasteiger partial charge in [0, 0.05) is 12.3 Å². The molecule has 0 spiro atoms. The Morgan fingerprint density at radius 1 is 1.04 bits per heavy atom. The number of aliphatic imine (C=N–C) groups is 1. The molecule has 4 nitrogen and oxygen atoms in total. The molecule has 0 radical (unpaired) electrons. The van der Waals surface area contributed by atoms with Crippen LogP contribution in [-0.2, 0) is 24.3 Å². The first-order valence-electron chi connectivity index (χ1n) is 8.03. The van der Waals surface area contributed by atoms with Crippen LogP contribution in [0.3, 0.4) is 0 Å². The van der Waals surface area contributed by atoms with Crippen molar-refractivity contribution in [2.45, 2.75) is 33.4 Å². The van der Waals surface area contributed by atoms with Gasteiger partial charge in [-0.25, -0.2) is 4.99 Å². The van der Waals surface area contributed by atoms with Gasteiger partial charge in [0.15, 0.2) is 5.96 Å².